The lowest BCUT2D eigenvalue weighted by molar-refractivity contribution is 0.435. The number of para-hydroxylation sites is 3. The first kappa shape index (κ1) is 36.5. The number of aromatic nitrogens is 1. The lowest BCUT2D eigenvalue weighted by Crippen LogP contribution is -2.36. The molecule has 0 saturated heterocycles. The van der Waals surface area contributed by atoms with Gasteiger partial charge in [0.2, 0.25) is 0 Å². The Hall–Kier alpha value is -8.86. The minimum atomic E-state index is -0.627. The Morgan fingerprint density at radius 2 is 1.00 bits per heavy atom. The molecule has 13 aromatic rings. The standard InChI is InChI=1S/C63H38N2O2/c1-2-18-44-39(14-1)15-13-27-55(44)64(41-30-33-47-46-20-4-8-26-56(46)65(57(47)36-41)43-31-34-49-48-21-5-9-28-58(48)66-60(49)37-43)42-32-35-53-61(38-42)67-59-29-10-7-24-52(59)63(53)51-23-6-3-19-45(51)50-22-11-16-40-17-12-25-54(63)62(40)50/h1-38H. The van der Waals surface area contributed by atoms with Gasteiger partial charge in [-0.15, -0.1) is 0 Å². The fourth-order valence-electron chi connectivity index (χ4n) is 11.9. The molecule has 0 N–H and O–H groups in total. The van der Waals surface area contributed by atoms with Gasteiger partial charge in [-0.2, -0.15) is 0 Å². The monoisotopic (exact) mass is 854 g/mol. The van der Waals surface area contributed by atoms with Crippen molar-refractivity contribution in [1.82, 2.24) is 4.57 Å². The highest BCUT2D eigenvalue weighted by molar-refractivity contribution is 6.12. The Morgan fingerprint density at radius 1 is 0.373 bits per heavy atom. The van der Waals surface area contributed by atoms with Crippen LogP contribution < -0.4 is 9.64 Å². The average molecular weight is 855 g/mol. The quantitative estimate of drug-likeness (QED) is 0.177. The normalized spacial score (nSPS) is 14.7. The molecule has 67 heavy (non-hydrogen) atoms. The van der Waals surface area contributed by atoms with Crippen molar-refractivity contribution in [1.29, 1.82) is 0 Å². The summed E-state index contributed by atoms with van der Waals surface area (Å²) in [7, 11) is 0. The zero-order valence-corrected chi connectivity index (χ0v) is 36.2. The maximum atomic E-state index is 7.16. The molecule has 2 aliphatic rings. The third-order valence-corrected chi connectivity index (χ3v) is 14.6. The molecule has 11 aromatic carbocycles. The van der Waals surface area contributed by atoms with Crippen LogP contribution in [0.5, 0.6) is 11.5 Å². The number of hydrogen-bond acceptors (Lipinski definition) is 3. The van der Waals surface area contributed by atoms with Crippen LogP contribution in [0.25, 0.3) is 82.1 Å². The van der Waals surface area contributed by atoms with E-state index in [1.165, 1.54) is 49.2 Å². The molecule has 312 valence electrons. The molecule has 0 saturated carbocycles. The summed E-state index contributed by atoms with van der Waals surface area (Å²) in [4.78, 5) is 2.41. The Bertz CT molecular complexity index is 4220. The first-order valence-corrected chi connectivity index (χ1v) is 23.0. The number of fused-ring (bicyclic) bond motifs is 15. The molecule has 1 unspecified atom stereocenters. The second-order valence-corrected chi connectivity index (χ2v) is 17.9. The van der Waals surface area contributed by atoms with Gasteiger partial charge < -0.3 is 18.6 Å². The number of benzene rings is 11. The summed E-state index contributed by atoms with van der Waals surface area (Å²) < 4.78 is 16.0. The fraction of sp³-hybridized carbons (Fsp3) is 0.0159. The molecule has 4 nitrogen and oxygen atoms in total. The second-order valence-electron chi connectivity index (χ2n) is 17.9. The van der Waals surface area contributed by atoms with Gasteiger partial charge in [0.25, 0.3) is 0 Å². The van der Waals surface area contributed by atoms with Gasteiger partial charge in [0, 0.05) is 67.3 Å². The molecule has 0 fully saturated rings. The van der Waals surface area contributed by atoms with E-state index in [0.29, 0.717) is 0 Å². The lowest BCUT2D eigenvalue weighted by Gasteiger charge is -2.45. The summed E-state index contributed by atoms with van der Waals surface area (Å²) in [5.74, 6) is 1.70. The largest absolute Gasteiger partial charge is 0.457 e. The lowest BCUT2D eigenvalue weighted by atomic mass is 9.58. The van der Waals surface area contributed by atoms with E-state index in [0.717, 1.165) is 83.7 Å². The summed E-state index contributed by atoms with van der Waals surface area (Å²) >= 11 is 0. The Morgan fingerprint density at radius 3 is 1.94 bits per heavy atom. The van der Waals surface area contributed by atoms with E-state index < -0.39 is 5.41 Å². The van der Waals surface area contributed by atoms with Crippen molar-refractivity contribution in [3.05, 3.63) is 253 Å². The predicted molar refractivity (Wildman–Crippen MR) is 275 cm³/mol. The van der Waals surface area contributed by atoms with E-state index in [4.69, 9.17) is 9.15 Å². The molecule has 0 bridgehead atoms. The summed E-state index contributed by atoms with van der Waals surface area (Å²) in [5, 5.41) is 9.46. The van der Waals surface area contributed by atoms with Crippen LogP contribution in [-0.4, -0.2) is 4.57 Å². The number of nitrogens with zero attached hydrogens (tertiary/aromatic N) is 2. The van der Waals surface area contributed by atoms with Crippen LogP contribution in [0.1, 0.15) is 22.3 Å². The van der Waals surface area contributed by atoms with Gasteiger partial charge in [-0.1, -0.05) is 164 Å². The highest BCUT2D eigenvalue weighted by atomic mass is 16.5. The highest BCUT2D eigenvalue weighted by Gasteiger charge is 2.49. The van der Waals surface area contributed by atoms with E-state index in [-0.39, 0.29) is 0 Å². The van der Waals surface area contributed by atoms with Crippen molar-refractivity contribution in [2.75, 3.05) is 4.90 Å². The summed E-state index contributed by atoms with van der Waals surface area (Å²) in [6, 6.07) is 83.8. The third-order valence-electron chi connectivity index (χ3n) is 14.6. The van der Waals surface area contributed by atoms with Gasteiger partial charge in [0.1, 0.15) is 22.7 Å². The van der Waals surface area contributed by atoms with E-state index in [1.54, 1.807) is 0 Å². The van der Waals surface area contributed by atoms with E-state index in [2.05, 4.69) is 228 Å². The maximum Gasteiger partial charge on any atom is 0.137 e. The molecule has 15 rings (SSSR count). The van der Waals surface area contributed by atoms with E-state index in [1.807, 2.05) is 12.1 Å². The van der Waals surface area contributed by atoms with Gasteiger partial charge >= 0.3 is 0 Å². The van der Waals surface area contributed by atoms with E-state index >= 15 is 0 Å². The molecule has 0 amide bonds. The minimum Gasteiger partial charge on any atom is -0.457 e. The topological polar surface area (TPSA) is 30.5 Å². The van der Waals surface area contributed by atoms with Crippen LogP contribution in [0.15, 0.2) is 235 Å². The van der Waals surface area contributed by atoms with Crippen LogP contribution in [-0.2, 0) is 5.41 Å². The number of furan rings is 1. The first-order valence-electron chi connectivity index (χ1n) is 23.0. The predicted octanol–water partition coefficient (Wildman–Crippen LogP) is 16.9. The van der Waals surface area contributed by atoms with Crippen molar-refractivity contribution in [3.63, 3.8) is 0 Å². The molecule has 4 heteroatoms. The molecular formula is C63H38N2O2. The number of hydrogen-bond donors (Lipinski definition) is 0. The zero-order valence-electron chi connectivity index (χ0n) is 36.2. The molecule has 3 heterocycles. The molecule has 0 radical (unpaired) electrons. The third kappa shape index (κ3) is 4.96. The van der Waals surface area contributed by atoms with Crippen LogP contribution in [0.2, 0.25) is 0 Å². The van der Waals surface area contributed by atoms with Crippen LogP contribution in [0, 0.1) is 0 Å². The molecule has 1 spiro atoms. The van der Waals surface area contributed by atoms with Gasteiger partial charge in [0.05, 0.1) is 22.1 Å². The van der Waals surface area contributed by atoms with Gasteiger partial charge in [-0.25, -0.2) is 0 Å². The molecular weight excluding hydrogens is 817 g/mol. The van der Waals surface area contributed by atoms with Gasteiger partial charge in [-0.3, -0.25) is 0 Å². The zero-order chi connectivity index (χ0) is 43.8. The fourth-order valence-corrected chi connectivity index (χ4v) is 11.9. The Labute approximate surface area is 385 Å². The van der Waals surface area contributed by atoms with Crippen molar-refractivity contribution in [2.45, 2.75) is 5.41 Å². The van der Waals surface area contributed by atoms with Crippen molar-refractivity contribution in [2.24, 2.45) is 0 Å². The minimum absolute atomic E-state index is 0.627. The summed E-state index contributed by atoms with van der Waals surface area (Å²) in [6.07, 6.45) is 0. The first-order chi connectivity index (χ1) is 33.2. The second kappa shape index (κ2) is 13.6. The number of ether oxygens (including phenoxy) is 1. The van der Waals surface area contributed by atoms with Crippen LogP contribution in [0.3, 0.4) is 0 Å². The molecule has 1 aliphatic carbocycles. The number of anilines is 3. The van der Waals surface area contributed by atoms with Crippen molar-refractivity contribution >= 4 is 82.4 Å². The van der Waals surface area contributed by atoms with Crippen LogP contribution in [0.4, 0.5) is 17.1 Å². The van der Waals surface area contributed by atoms with Gasteiger partial charge in [0.15, 0.2) is 0 Å². The molecule has 1 atom stereocenters. The Balaban J connectivity index is 0.990. The summed E-state index contributed by atoms with van der Waals surface area (Å²) in [5.41, 5.74) is 14.8. The van der Waals surface area contributed by atoms with Crippen molar-refractivity contribution < 1.29 is 9.15 Å². The highest BCUT2D eigenvalue weighted by Crippen LogP contribution is 2.61. The smallest absolute Gasteiger partial charge is 0.137 e. The molecule has 2 aromatic heterocycles. The van der Waals surface area contributed by atoms with Gasteiger partial charge in [-0.05, 0) is 93.0 Å². The van der Waals surface area contributed by atoms with E-state index in [9.17, 15) is 0 Å². The SMILES string of the molecule is c1ccc2c(c1)Oc1cc(N(c3ccc4c5ccccc5n(-c5ccc6c(c5)oc5ccccc56)c4c3)c3cccc4ccccc34)ccc1C21c2ccccc2-c2cccc3cccc1c23. The number of rotatable bonds is 4. The maximum absolute atomic E-state index is 7.16. The average Bonchev–Trinajstić information content (AvgIpc) is 3.93. The summed E-state index contributed by atoms with van der Waals surface area (Å²) in [6.45, 7) is 0. The molecule has 1 aliphatic heterocycles. The Kier molecular flexibility index (Phi) is 7.40. The van der Waals surface area contributed by atoms with Crippen LogP contribution >= 0.6 is 0 Å². The van der Waals surface area contributed by atoms with Crippen molar-refractivity contribution in [3.8, 4) is 28.3 Å².